The number of nitrogens with one attached hydrogen (secondary N) is 1. The molecule has 3 aromatic heterocycles. The summed E-state index contributed by atoms with van der Waals surface area (Å²) in [7, 11) is 0. The lowest BCUT2D eigenvalue weighted by Crippen LogP contribution is -2.12. The Morgan fingerprint density at radius 1 is 1.14 bits per heavy atom. The number of aromatic nitrogens is 3. The Morgan fingerprint density at radius 3 is 2.62 bits per heavy atom. The predicted octanol–water partition coefficient (Wildman–Crippen LogP) is 3.20. The summed E-state index contributed by atoms with van der Waals surface area (Å²) in [6.07, 6.45) is 3.81. The molecule has 5 nitrogen and oxygen atoms in total. The van der Waals surface area contributed by atoms with Gasteiger partial charge >= 0.3 is 0 Å². The molecule has 0 bridgehead atoms. The average molecular weight is 298 g/mol. The van der Waals surface area contributed by atoms with Gasteiger partial charge in [0.2, 0.25) is 0 Å². The van der Waals surface area contributed by atoms with Crippen LogP contribution in [0, 0.1) is 13.8 Å². The summed E-state index contributed by atoms with van der Waals surface area (Å²) in [5.41, 5.74) is 1.58. The number of amides is 1. The number of nitrogens with zero attached hydrogens (tertiary/aromatic N) is 3. The van der Waals surface area contributed by atoms with Crippen LogP contribution in [0.1, 0.15) is 21.1 Å². The van der Waals surface area contributed by atoms with E-state index in [1.807, 2.05) is 55.1 Å². The van der Waals surface area contributed by atoms with Crippen molar-refractivity contribution >= 4 is 23.1 Å². The number of hydrogen-bond acceptors (Lipinski definition) is 4. The number of pyridine rings is 1. The van der Waals surface area contributed by atoms with Crippen LogP contribution in [0.4, 0.5) is 5.82 Å². The van der Waals surface area contributed by atoms with Gasteiger partial charge in [-0.25, -0.2) is 9.97 Å². The topological polar surface area (TPSA) is 59.8 Å². The van der Waals surface area contributed by atoms with Gasteiger partial charge in [0.1, 0.15) is 10.7 Å². The molecule has 6 heteroatoms. The molecule has 3 rings (SSSR count). The van der Waals surface area contributed by atoms with E-state index in [4.69, 9.17) is 0 Å². The maximum absolute atomic E-state index is 12.3. The third-order valence-electron chi connectivity index (χ3n) is 2.95. The molecule has 0 saturated carbocycles. The molecular formula is C15H14N4OS. The molecule has 1 N–H and O–H groups in total. The van der Waals surface area contributed by atoms with Crippen LogP contribution >= 0.6 is 11.3 Å². The molecule has 0 aromatic carbocycles. The number of rotatable bonds is 3. The fourth-order valence-electron chi connectivity index (χ4n) is 1.95. The lowest BCUT2D eigenvalue weighted by molar-refractivity contribution is 0.102. The Bertz CT molecular complexity index is 777. The zero-order valence-corrected chi connectivity index (χ0v) is 12.5. The molecule has 0 aliphatic rings. The number of thiazole rings is 1. The first-order valence-corrected chi connectivity index (χ1v) is 7.31. The van der Waals surface area contributed by atoms with Crippen LogP contribution in [0.5, 0.6) is 0 Å². The molecule has 0 fully saturated rings. The molecule has 106 valence electrons. The third kappa shape index (κ3) is 2.85. The fourth-order valence-corrected chi connectivity index (χ4v) is 2.88. The summed E-state index contributed by atoms with van der Waals surface area (Å²) in [6.45, 7) is 3.72. The van der Waals surface area contributed by atoms with Crippen LogP contribution in [0.25, 0.3) is 5.13 Å². The minimum absolute atomic E-state index is 0.179. The highest BCUT2D eigenvalue weighted by atomic mass is 32.1. The Balaban J connectivity index is 1.85. The van der Waals surface area contributed by atoms with E-state index < -0.39 is 0 Å². The maximum Gasteiger partial charge on any atom is 0.268 e. The van der Waals surface area contributed by atoms with Crippen LogP contribution in [-0.4, -0.2) is 20.4 Å². The number of aryl methyl sites for hydroxylation is 2. The van der Waals surface area contributed by atoms with Gasteiger partial charge in [-0.05, 0) is 38.1 Å². The highest BCUT2D eigenvalue weighted by molar-refractivity contribution is 7.16. The lowest BCUT2D eigenvalue weighted by atomic mass is 10.3. The zero-order valence-electron chi connectivity index (χ0n) is 11.7. The van der Waals surface area contributed by atoms with Gasteiger partial charge in [0.25, 0.3) is 5.91 Å². The van der Waals surface area contributed by atoms with Gasteiger partial charge in [0.15, 0.2) is 5.13 Å². The largest absolute Gasteiger partial charge is 0.306 e. The number of carbonyl (C=O) groups excluding carboxylic acids is 1. The highest BCUT2D eigenvalue weighted by Gasteiger charge is 2.16. The molecule has 0 radical (unpaired) electrons. The molecule has 0 unspecified atom stereocenters. The smallest absolute Gasteiger partial charge is 0.268 e. The second-order valence-corrected chi connectivity index (χ2v) is 5.60. The molecule has 3 heterocycles. The van der Waals surface area contributed by atoms with E-state index in [0.29, 0.717) is 16.4 Å². The average Bonchev–Trinajstić information content (AvgIpc) is 3.07. The van der Waals surface area contributed by atoms with E-state index in [1.54, 1.807) is 6.07 Å². The summed E-state index contributed by atoms with van der Waals surface area (Å²) >= 11 is 1.36. The second kappa shape index (κ2) is 5.49. The quantitative estimate of drug-likeness (QED) is 0.807. The van der Waals surface area contributed by atoms with E-state index in [2.05, 4.69) is 15.3 Å². The summed E-state index contributed by atoms with van der Waals surface area (Å²) in [5.74, 6) is 0.372. The first kappa shape index (κ1) is 13.5. The molecule has 0 atom stereocenters. The van der Waals surface area contributed by atoms with E-state index >= 15 is 0 Å². The van der Waals surface area contributed by atoms with Crippen molar-refractivity contribution in [2.75, 3.05) is 5.32 Å². The van der Waals surface area contributed by atoms with Crippen LogP contribution in [0.3, 0.4) is 0 Å². The van der Waals surface area contributed by atoms with Crippen molar-refractivity contribution in [2.24, 2.45) is 0 Å². The molecule has 1 amide bonds. The Labute approximate surface area is 126 Å². The molecule has 0 aliphatic heterocycles. The normalized spacial score (nSPS) is 10.6. The molecule has 21 heavy (non-hydrogen) atoms. The van der Waals surface area contributed by atoms with Gasteiger partial charge < -0.3 is 9.88 Å². The molecular weight excluding hydrogens is 284 g/mol. The van der Waals surface area contributed by atoms with Gasteiger partial charge in [0, 0.05) is 18.1 Å². The monoisotopic (exact) mass is 298 g/mol. The minimum Gasteiger partial charge on any atom is -0.306 e. The van der Waals surface area contributed by atoms with Crippen LogP contribution in [0.2, 0.25) is 0 Å². The van der Waals surface area contributed by atoms with Crippen molar-refractivity contribution in [3.63, 3.8) is 0 Å². The first-order valence-electron chi connectivity index (χ1n) is 6.49. The Kier molecular flexibility index (Phi) is 3.53. The molecule has 0 aliphatic carbocycles. The molecule has 0 spiro atoms. The van der Waals surface area contributed by atoms with Crippen LogP contribution < -0.4 is 5.32 Å². The summed E-state index contributed by atoms with van der Waals surface area (Å²) in [5, 5.41) is 3.59. The van der Waals surface area contributed by atoms with E-state index in [1.165, 1.54) is 11.3 Å². The molecule has 0 saturated heterocycles. The second-order valence-electron chi connectivity index (χ2n) is 4.62. The van der Waals surface area contributed by atoms with E-state index in [-0.39, 0.29) is 5.91 Å². The standard InChI is InChI=1S/C15H14N4OS/c1-10-6-5-7-12(16-10)18-14(20)13-11(2)17-15(21-13)19-8-3-4-9-19/h3-9H,1-2H3,(H,16,18,20). The maximum atomic E-state index is 12.3. The first-order chi connectivity index (χ1) is 10.1. The van der Waals surface area contributed by atoms with Crippen molar-refractivity contribution in [3.05, 3.63) is 59.0 Å². The predicted molar refractivity (Wildman–Crippen MR) is 83.1 cm³/mol. The van der Waals surface area contributed by atoms with Gasteiger partial charge in [-0.3, -0.25) is 4.79 Å². The lowest BCUT2D eigenvalue weighted by Gasteiger charge is -2.03. The number of anilines is 1. The van der Waals surface area contributed by atoms with Gasteiger partial charge in [-0.15, -0.1) is 0 Å². The Morgan fingerprint density at radius 2 is 1.90 bits per heavy atom. The van der Waals surface area contributed by atoms with Crippen molar-refractivity contribution in [3.8, 4) is 5.13 Å². The van der Waals surface area contributed by atoms with Crippen molar-refractivity contribution in [1.29, 1.82) is 0 Å². The van der Waals surface area contributed by atoms with E-state index in [9.17, 15) is 4.79 Å². The van der Waals surface area contributed by atoms with Gasteiger partial charge in [-0.2, -0.15) is 0 Å². The van der Waals surface area contributed by atoms with Gasteiger partial charge in [0.05, 0.1) is 5.69 Å². The van der Waals surface area contributed by atoms with Crippen molar-refractivity contribution in [1.82, 2.24) is 14.5 Å². The third-order valence-corrected chi connectivity index (χ3v) is 4.12. The molecule has 3 aromatic rings. The van der Waals surface area contributed by atoms with Crippen LogP contribution in [-0.2, 0) is 0 Å². The van der Waals surface area contributed by atoms with Crippen molar-refractivity contribution in [2.45, 2.75) is 13.8 Å². The number of carbonyl (C=O) groups is 1. The summed E-state index contributed by atoms with van der Waals surface area (Å²) in [6, 6.07) is 9.37. The SMILES string of the molecule is Cc1cccc(NC(=O)c2sc(-n3cccc3)nc2C)n1. The van der Waals surface area contributed by atoms with Gasteiger partial charge in [-0.1, -0.05) is 17.4 Å². The Hall–Kier alpha value is -2.47. The van der Waals surface area contributed by atoms with Crippen molar-refractivity contribution < 1.29 is 4.79 Å². The summed E-state index contributed by atoms with van der Waals surface area (Å²) < 4.78 is 1.89. The fraction of sp³-hybridized carbons (Fsp3) is 0.133. The zero-order chi connectivity index (χ0) is 14.8. The number of hydrogen-bond donors (Lipinski definition) is 1. The summed E-state index contributed by atoms with van der Waals surface area (Å²) in [4.78, 5) is 21.6. The van der Waals surface area contributed by atoms with Crippen LogP contribution in [0.15, 0.2) is 42.7 Å². The van der Waals surface area contributed by atoms with E-state index in [0.717, 1.165) is 10.8 Å². The highest BCUT2D eigenvalue weighted by Crippen LogP contribution is 2.22. The minimum atomic E-state index is -0.179.